The molecule has 1 unspecified atom stereocenters. The summed E-state index contributed by atoms with van der Waals surface area (Å²) in [6.07, 6.45) is 0.796. The van der Waals surface area contributed by atoms with Crippen molar-refractivity contribution in [2.45, 2.75) is 12.5 Å². The summed E-state index contributed by atoms with van der Waals surface area (Å²) < 4.78 is 7.24. The van der Waals surface area contributed by atoms with Crippen molar-refractivity contribution < 1.29 is 4.74 Å². The Morgan fingerprint density at radius 2 is 1.79 bits per heavy atom. The quantitative estimate of drug-likeness (QED) is 0.844. The van der Waals surface area contributed by atoms with E-state index in [0.717, 1.165) is 26.7 Å². The molecule has 0 aliphatic rings. The topological polar surface area (TPSA) is 35.2 Å². The molecule has 0 heterocycles. The molecule has 2 nitrogen and oxygen atoms in total. The van der Waals surface area contributed by atoms with E-state index >= 15 is 0 Å². The molecule has 0 aromatic heterocycles. The summed E-state index contributed by atoms with van der Waals surface area (Å²) >= 11 is 6.92. The van der Waals surface area contributed by atoms with Gasteiger partial charge in [0.2, 0.25) is 0 Å². The second-order valence-corrected chi connectivity index (χ2v) is 6.10. The molecule has 2 rings (SSSR count). The van der Waals surface area contributed by atoms with Crippen molar-refractivity contribution >= 4 is 31.9 Å². The molecular weight excluding hydrogens is 370 g/mol. The summed E-state index contributed by atoms with van der Waals surface area (Å²) in [7, 11) is 1.66. The summed E-state index contributed by atoms with van der Waals surface area (Å²) in [5, 5.41) is 0. The third-order valence-electron chi connectivity index (χ3n) is 2.97. The normalized spacial score (nSPS) is 12.2. The zero-order valence-corrected chi connectivity index (χ0v) is 13.7. The minimum atomic E-state index is -0.00612. The van der Waals surface area contributed by atoms with Crippen LogP contribution >= 0.6 is 31.9 Å². The van der Waals surface area contributed by atoms with Gasteiger partial charge in [-0.15, -0.1) is 0 Å². The van der Waals surface area contributed by atoms with Crippen molar-refractivity contribution in [2.24, 2.45) is 5.73 Å². The Balaban J connectivity index is 2.12. The zero-order valence-electron chi connectivity index (χ0n) is 10.6. The Bertz CT molecular complexity index is 555. The van der Waals surface area contributed by atoms with Gasteiger partial charge in [0.05, 0.1) is 11.6 Å². The van der Waals surface area contributed by atoms with E-state index in [-0.39, 0.29) is 6.04 Å². The first-order chi connectivity index (χ1) is 9.10. The van der Waals surface area contributed by atoms with Crippen LogP contribution in [0, 0.1) is 0 Å². The van der Waals surface area contributed by atoms with Crippen LogP contribution in [0.5, 0.6) is 5.75 Å². The molecule has 0 saturated heterocycles. The van der Waals surface area contributed by atoms with Crippen LogP contribution in [0.4, 0.5) is 0 Å². The van der Waals surface area contributed by atoms with Gasteiger partial charge in [-0.3, -0.25) is 0 Å². The largest absolute Gasteiger partial charge is 0.496 e. The van der Waals surface area contributed by atoms with Gasteiger partial charge in [0.15, 0.2) is 0 Å². The van der Waals surface area contributed by atoms with Gasteiger partial charge in [-0.05, 0) is 57.7 Å². The molecule has 0 aliphatic carbocycles. The zero-order chi connectivity index (χ0) is 13.8. The number of hydrogen-bond acceptors (Lipinski definition) is 2. The van der Waals surface area contributed by atoms with Crippen LogP contribution in [0.3, 0.4) is 0 Å². The summed E-state index contributed by atoms with van der Waals surface area (Å²) in [6.45, 7) is 0. The Kier molecular flexibility index (Phi) is 5.02. The molecule has 0 saturated carbocycles. The average molecular weight is 385 g/mol. The maximum atomic E-state index is 6.24. The first-order valence-corrected chi connectivity index (χ1v) is 7.52. The fraction of sp³-hybridized carbons (Fsp3) is 0.200. The lowest BCUT2D eigenvalue weighted by Gasteiger charge is -2.13. The molecule has 0 bridgehead atoms. The molecule has 0 aliphatic heterocycles. The van der Waals surface area contributed by atoms with Gasteiger partial charge in [0.25, 0.3) is 0 Å². The number of halogens is 2. The van der Waals surface area contributed by atoms with Gasteiger partial charge in [-0.2, -0.15) is 0 Å². The van der Waals surface area contributed by atoms with E-state index < -0.39 is 0 Å². The highest BCUT2D eigenvalue weighted by atomic mass is 79.9. The van der Waals surface area contributed by atoms with Gasteiger partial charge in [-0.1, -0.05) is 34.1 Å². The van der Waals surface area contributed by atoms with Crippen LogP contribution in [0.15, 0.2) is 51.4 Å². The molecule has 2 aromatic rings. The number of hydrogen-bond donors (Lipinski definition) is 1. The van der Waals surface area contributed by atoms with Crippen LogP contribution in [-0.4, -0.2) is 7.11 Å². The number of benzene rings is 2. The van der Waals surface area contributed by atoms with Gasteiger partial charge in [0, 0.05) is 10.5 Å². The average Bonchev–Trinajstić information content (AvgIpc) is 2.39. The highest BCUT2D eigenvalue weighted by Crippen LogP contribution is 2.27. The van der Waals surface area contributed by atoms with E-state index in [9.17, 15) is 0 Å². The van der Waals surface area contributed by atoms with Crippen molar-refractivity contribution in [1.82, 2.24) is 0 Å². The lowest BCUT2D eigenvalue weighted by atomic mass is 10.00. The summed E-state index contributed by atoms with van der Waals surface area (Å²) in [5.74, 6) is 0.834. The maximum absolute atomic E-state index is 6.24. The molecular formula is C15H15Br2NO. The molecule has 19 heavy (non-hydrogen) atoms. The molecule has 0 spiro atoms. The monoisotopic (exact) mass is 383 g/mol. The first-order valence-electron chi connectivity index (χ1n) is 5.93. The number of ether oxygens (including phenoxy) is 1. The van der Waals surface area contributed by atoms with E-state index in [1.807, 2.05) is 36.4 Å². The molecule has 2 aromatic carbocycles. The van der Waals surface area contributed by atoms with Gasteiger partial charge in [0.1, 0.15) is 5.75 Å². The van der Waals surface area contributed by atoms with Crippen LogP contribution in [0.1, 0.15) is 17.2 Å². The van der Waals surface area contributed by atoms with Gasteiger partial charge < -0.3 is 10.5 Å². The fourth-order valence-corrected chi connectivity index (χ4v) is 2.77. The first kappa shape index (κ1) is 14.6. The number of rotatable bonds is 4. The van der Waals surface area contributed by atoms with Crippen molar-refractivity contribution in [3.05, 3.63) is 62.5 Å². The molecule has 2 N–H and O–H groups in total. The van der Waals surface area contributed by atoms with E-state index in [1.54, 1.807) is 7.11 Å². The van der Waals surface area contributed by atoms with E-state index in [4.69, 9.17) is 10.5 Å². The lowest BCUT2D eigenvalue weighted by Crippen LogP contribution is -2.13. The third kappa shape index (κ3) is 3.81. The second-order valence-electron chi connectivity index (χ2n) is 4.33. The fourth-order valence-electron chi connectivity index (χ4n) is 1.92. The molecule has 0 fully saturated rings. The van der Waals surface area contributed by atoms with Gasteiger partial charge in [-0.25, -0.2) is 0 Å². The maximum Gasteiger partial charge on any atom is 0.133 e. The van der Waals surface area contributed by atoms with E-state index in [1.165, 1.54) is 5.56 Å². The lowest BCUT2D eigenvalue weighted by molar-refractivity contribution is 0.412. The van der Waals surface area contributed by atoms with Crippen molar-refractivity contribution in [3.8, 4) is 5.75 Å². The van der Waals surface area contributed by atoms with Crippen molar-refractivity contribution in [3.63, 3.8) is 0 Å². The molecule has 1 atom stereocenters. The molecule has 0 radical (unpaired) electrons. The minimum absolute atomic E-state index is 0.00612. The standard InChI is InChI=1S/C15H15Br2NO/c1-19-15-7-2-10(8-13(15)17)9-14(18)11-3-5-12(16)6-4-11/h2-8,14H,9,18H2,1H3. The predicted octanol–water partition coefficient (Wildman–Crippen LogP) is 4.46. The highest BCUT2D eigenvalue weighted by molar-refractivity contribution is 9.10. The smallest absolute Gasteiger partial charge is 0.133 e. The highest BCUT2D eigenvalue weighted by Gasteiger charge is 2.09. The summed E-state index contributed by atoms with van der Waals surface area (Å²) in [5.41, 5.74) is 8.55. The Morgan fingerprint density at radius 3 is 2.37 bits per heavy atom. The van der Waals surface area contributed by atoms with Gasteiger partial charge >= 0.3 is 0 Å². The van der Waals surface area contributed by atoms with Crippen LogP contribution in [0.2, 0.25) is 0 Å². The van der Waals surface area contributed by atoms with Crippen LogP contribution in [-0.2, 0) is 6.42 Å². The molecule has 0 amide bonds. The Labute approximate surface area is 130 Å². The molecule has 4 heteroatoms. The van der Waals surface area contributed by atoms with Crippen molar-refractivity contribution in [1.29, 1.82) is 0 Å². The SMILES string of the molecule is COc1ccc(CC(N)c2ccc(Br)cc2)cc1Br. The van der Waals surface area contributed by atoms with Crippen LogP contribution < -0.4 is 10.5 Å². The summed E-state index contributed by atoms with van der Waals surface area (Å²) in [4.78, 5) is 0. The van der Waals surface area contributed by atoms with E-state index in [2.05, 4.69) is 37.9 Å². The second kappa shape index (κ2) is 6.55. The third-order valence-corrected chi connectivity index (χ3v) is 4.12. The minimum Gasteiger partial charge on any atom is -0.496 e. The summed E-state index contributed by atoms with van der Waals surface area (Å²) in [6, 6.07) is 14.2. The Morgan fingerprint density at radius 1 is 1.11 bits per heavy atom. The van der Waals surface area contributed by atoms with Crippen LogP contribution in [0.25, 0.3) is 0 Å². The van der Waals surface area contributed by atoms with Crippen molar-refractivity contribution in [2.75, 3.05) is 7.11 Å². The number of nitrogens with two attached hydrogens (primary N) is 1. The Hall–Kier alpha value is -0.840. The number of methoxy groups -OCH3 is 1. The van der Waals surface area contributed by atoms with E-state index in [0.29, 0.717) is 0 Å². The predicted molar refractivity (Wildman–Crippen MR) is 85.5 cm³/mol. The molecule has 100 valence electrons.